The van der Waals surface area contributed by atoms with Crippen molar-refractivity contribution in [1.29, 1.82) is 0 Å². The molecule has 17 fully saturated rings. The quantitative estimate of drug-likeness (QED) is 0.220. The van der Waals surface area contributed by atoms with Crippen LogP contribution in [-0.2, 0) is 0 Å². The van der Waals surface area contributed by atoms with Crippen molar-refractivity contribution in [3.8, 4) is 0 Å². The fourth-order valence-electron chi connectivity index (χ4n) is 21.7. The third-order valence-electron chi connectivity index (χ3n) is 21.5. The first kappa shape index (κ1) is 32.0. The highest BCUT2D eigenvalue weighted by molar-refractivity contribution is 7.61. The first-order valence-corrected chi connectivity index (χ1v) is 26.9. The van der Waals surface area contributed by atoms with Crippen LogP contribution in [0.3, 0.4) is 0 Å². The molecule has 0 saturated heterocycles. The summed E-state index contributed by atoms with van der Waals surface area (Å²) in [6, 6.07) is 0. The zero-order chi connectivity index (χ0) is 32.6. The summed E-state index contributed by atoms with van der Waals surface area (Å²) in [4.78, 5) is 0. The molecule has 0 aromatic heterocycles. The molecule has 0 heterocycles. The third kappa shape index (κ3) is 4.73. The highest BCUT2D eigenvalue weighted by Gasteiger charge is 2.65. The van der Waals surface area contributed by atoms with E-state index in [0.29, 0.717) is 0 Å². The summed E-state index contributed by atoms with van der Waals surface area (Å²) in [5.41, 5.74) is 0. The molecule has 17 saturated carbocycles. The van der Waals surface area contributed by atoms with Crippen LogP contribution in [0.5, 0.6) is 0 Å². The lowest BCUT2D eigenvalue weighted by atomic mass is 9.55. The third-order valence-corrected chi connectivity index (χ3v) is 29.8. The van der Waals surface area contributed by atoms with Crippen LogP contribution in [0, 0.1) is 88.8 Å². The van der Waals surface area contributed by atoms with E-state index < -0.39 is 0 Å². The van der Waals surface area contributed by atoms with Gasteiger partial charge in [-0.3, -0.25) is 0 Å². The van der Waals surface area contributed by atoms with Crippen LogP contribution < -0.4 is 0 Å². The normalized spacial score (nSPS) is 62.9. The van der Waals surface area contributed by atoms with Crippen molar-refractivity contribution in [2.24, 2.45) is 88.8 Å². The molecule has 0 nitrogen and oxygen atoms in total. The Kier molecular flexibility index (Phi) is 7.06. The van der Waals surface area contributed by atoms with Crippen molar-refractivity contribution in [3.63, 3.8) is 0 Å². The fourth-order valence-corrected chi connectivity index (χ4v) is 33.0. The lowest BCUT2D eigenvalue weighted by molar-refractivity contribution is 0.0174. The SMILES string of the molecule is CC1CC[C@H](CP(C23CC4CC(CC(C4)C2)C3)C23CC4CC(CC(C4)C2)C3)[C@@H]1CP(C12CC3CC(CC(C3)C1)C2)C12CC3CC(CC(C3)C1)C2. The van der Waals surface area contributed by atoms with Gasteiger partial charge in [0.2, 0.25) is 0 Å². The Morgan fingerprint density at radius 3 is 0.840 bits per heavy atom. The van der Waals surface area contributed by atoms with Gasteiger partial charge >= 0.3 is 0 Å². The van der Waals surface area contributed by atoms with Gasteiger partial charge in [-0.2, -0.15) is 0 Å². The van der Waals surface area contributed by atoms with Crippen LogP contribution in [0.15, 0.2) is 0 Å². The summed E-state index contributed by atoms with van der Waals surface area (Å²) in [5, 5.41) is 3.37. The van der Waals surface area contributed by atoms with E-state index in [1.807, 2.05) is 0 Å². The average molecular weight is 713 g/mol. The minimum absolute atomic E-state index is 0.155. The van der Waals surface area contributed by atoms with Crippen LogP contribution in [0.2, 0.25) is 0 Å². The van der Waals surface area contributed by atoms with Crippen molar-refractivity contribution in [1.82, 2.24) is 0 Å². The summed E-state index contributed by atoms with van der Waals surface area (Å²) in [6.45, 7) is 2.84. The van der Waals surface area contributed by atoms with Gasteiger partial charge in [-0.1, -0.05) is 29.2 Å². The summed E-state index contributed by atoms with van der Waals surface area (Å²) >= 11 is 0. The molecule has 0 spiro atoms. The molecule has 17 aliphatic rings. The molecular formula is C48H74P2. The molecule has 276 valence electrons. The topological polar surface area (TPSA) is 0 Å². The summed E-state index contributed by atoms with van der Waals surface area (Å²) in [5.74, 6) is 17.1. The molecule has 0 amide bonds. The van der Waals surface area contributed by atoms with Gasteiger partial charge in [-0.15, -0.1) is 0 Å². The zero-order valence-corrected chi connectivity index (χ0v) is 34.1. The molecule has 1 unspecified atom stereocenters. The Labute approximate surface area is 310 Å². The summed E-state index contributed by atoms with van der Waals surface area (Å²) < 4.78 is 0. The summed E-state index contributed by atoms with van der Waals surface area (Å²) in [7, 11) is 0.318. The standard InChI is InChI=1S/C48H74P2/c1-30-2-3-43(28-49(45-16-31-4-32(17-45)6-33(5-31)18-45)46-19-34-7-35(20-46)9-36(8-34)21-46)44(30)29-50(47-22-37-10-38(23-47)12-39(11-37)24-47)48-25-40-13-41(26-48)15-42(14-40)27-48/h30-44H,2-29H2,1H3/t30?,31?,32?,33?,34?,35?,36?,37?,38?,39?,40?,41?,42?,43-,44-,45?,46?,47?,48?,49?,50?/m1/s1. The van der Waals surface area contributed by atoms with Gasteiger partial charge in [0.15, 0.2) is 0 Å². The fraction of sp³-hybridized carbons (Fsp3) is 1.00. The van der Waals surface area contributed by atoms with Gasteiger partial charge in [-0.05, 0) is 282 Å². The van der Waals surface area contributed by atoms with Gasteiger partial charge < -0.3 is 0 Å². The van der Waals surface area contributed by atoms with Crippen LogP contribution in [0.25, 0.3) is 0 Å². The molecule has 0 aliphatic heterocycles. The van der Waals surface area contributed by atoms with Crippen molar-refractivity contribution >= 4 is 15.8 Å². The van der Waals surface area contributed by atoms with E-state index in [2.05, 4.69) is 6.92 Å². The van der Waals surface area contributed by atoms with Gasteiger partial charge in [0.25, 0.3) is 0 Å². The molecule has 0 N–H and O–H groups in total. The molecule has 0 aromatic rings. The molecule has 16 bridgehead atoms. The molecular weight excluding hydrogens is 638 g/mol. The second-order valence-corrected chi connectivity index (χ2v) is 31.0. The molecule has 50 heavy (non-hydrogen) atoms. The average Bonchev–Trinajstić information content (AvgIpc) is 3.38. The van der Waals surface area contributed by atoms with E-state index in [9.17, 15) is 0 Å². The highest BCUT2D eigenvalue weighted by atomic mass is 31.1. The van der Waals surface area contributed by atoms with Crippen molar-refractivity contribution in [3.05, 3.63) is 0 Å². The Morgan fingerprint density at radius 2 is 0.580 bits per heavy atom. The Morgan fingerprint density at radius 1 is 0.340 bits per heavy atom. The monoisotopic (exact) mass is 713 g/mol. The first-order valence-electron chi connectivity index (χ1n) is 23.8. The maximum Gasteiger partial charge on any atom is -0.00814 e. The Balaban J connectivity index is 0.872. The van der Waals surface area contributed by atoms with Crippen molar-refractivity contribution in [2.45, 2.75) is 194 Å². The number of rotatable bonds is 8. The van der Waals surface area contributed by atoms with Gasteiger partial charge in [0.05, 0.1) is 0 Å². The van der Waals surface area contributed by atoms with Crippen LogP contribution in [0.1, 0.15) is 174 Å². The Hall–Kier alpha value is 0.860. The van der Waals surface area contributed by atoms with Gasteiger partial charge in [-0.25, -0.2) is 0 Å². The number of hydrogen-bond donors (Lipinski definition) is 0. The molecule has 17 aliphatic carbocycles. The van der Waals surface area contributed by atoms with Gasteiger partial charge in [0, 0.05) is 0 Å². The molecule has 17 rings (SSSR count). The van der Waals surface area contributed by atoms with Crippen LogP contribution in [0.4, 0.5) is 0 Å². The second-order valence-electron chi connectivity index (χ2n) is 24.8. The maximum absolute atomic E-state index is 2.84. The zero-order valence-electron chi connectivity index (χ0n) is 32.4. The minimum atomic E-state index is 0.155. The van der Waals surface area contributed by atoms with Crippen LogP contribution >= 0.6 is 15.8 Å². The Bertz CT molecular complexity index is 1140. The van der Waals surface area contributed by atoms with E-state index in [0.717, 1.165) is 109 Å². The van der Waals surface area contributed by atoms with E-state index >= 15 is 0 Å². The predicted molar refractivity (Wildman–Crippen MR) is 213 cm³/mol. The predicted octanol–water partition coefficient (Wildman–Crippen LogP) is 13.5. The smallest absolute Gasteiger partial charge is 0.00814 e. The maximum atomic E-state index is 2.84. The largest absolute Gasteiger partial charge is 0.0936 e. The van der Waals surface area contributed by atoms with Crippen molar-refractivity contribution in [2.75, 3.05) is 12.3 Å². The van der Waals surface area contributed by atoms with E-state index in [1.54, 1.807) is 179 Å². The van der Waals surface area contributed by atoms with E-state index in [4.69, 9.17) is 0 Å². The molecule has 0 radical (unpaired) electrons. The minimum Gasteiger partial charge on any atom is -0.0936 e. The highest BCUT2D eigenvalue weighted by Crippen LogP contribution is 2.82. The molecule has 3 atom stereocenters. The summed E-state index contributed by atoms with van der Waals surface area (Å²) in [6.07, 6.45) is 47.5. The molecule has 2 heteroatoms. The van der Waals surface area contributed by atoms with Gasteiger partial charge in [0.1, 0.15) is 0 Å². The number of hydrogen-bond acceptors (Lipinski definition) is 0. The van der Waals surface area contributed by atoms with Crippen molar-refractivity contribution < 1.29 is 0 Å². The lowest BCUT2D eigenvalue weighted by Crippen LogP contribution is -2.57. The second kappa shape index (κ2) is 11.0. The van der Waals surface area contributed by atoms with E-state index in [1.165, 1.54) is 0 Å². The molecule has 0 aromatic carbocycles. The van der Waals surface area contributed by atoms with E-state index in [-0.39, 0.29) is 15.8 Å². The van der Waals surface area contributed by atoms with Crippen LogP contribution in [-0.4, -0.2) is 32.9 Å². The first-order chi connectivity index (χ1) is 24.3. The lowest BCUT2D eigenvalue weighted by Gasteiger charge is -2.68.